The predicted octanol–water partition coefficient (Wildman–Crippen LogP) is 6.96. The summed E-state index contributed by atoms with van der Waals surface area (Å²) < 4.78 is 0. The molecule has 0 aliphatic rings. The first-order chi connectivity index (χ1) is 16.3. The number of fused-ring (bicyclic) bond motifs is 1. The van der Waals surface area contributed by atoms with Crippen molar-refractivity contribution in [3.05, 3.63) is 97.7 Å². The van der Waals surface area contributed by atoms with Crippen LogP contribution in [0.4, 0.5) is 0 Å². The molecule has 5 aromatic carbocycles. The largest absolute Gasteiger partial charge is 0.505 e. The minimum absolute atomic E-state index is 0.213. The van der Waals surface area contributed by atoms with E-state index in [1.807, 2.05) is 36.7 Å². The van der Waals surface area contributed by atoms with Gasteiger partial charge >= 0.3 is 0 Å². The summed E-state index contributed by atoms with van der Waals surface area (Å²) in [5.41, 5.74) is 4.51. The number of nitrogens with zero attached hydrogens (tertiary/aromatic N) is 3. The topological polar surface area (TPSA) is 58.9 Å². The van der Waals surface area contributed by atoms with E-state index in [1.165, 1.54) is 26.9 Å². The van der Waals surface area contributed by atoms with Gasteiger partial charge in [0.25, 0.3) is 0 Å². The maximum absolute atomic E-state index is 11.1. The fourth-order valence-electron chi connectivity index (χ4n) is 5.07. The summed E-state index contributed by atoms with van der Waals surface area (Å²) >= 11 is 0. The molecule has 154 valence electrons. The van der Waals surface area contributed by atoms with Crippen LogP contribution in [0.2, 0.25) is 0 Å². The van der Waals surface area contributed by atoms with Crippen LogP contribution in [0, 0.1) is 0 Å². The maximum Gasteiger partial charge on any atom is 0.149 e. The normalized spacial score (nSPS) is 11.8. The van der Waals surface area contributed by atoms with E-state index in [-0.39, 0.29) is 5.75 Å². The first-order valence-electron chi connectivity index (χ1n) is 10.8. The average Bonchev–Trinajstić information content (AvgIpc) is 2.88. The maximum atomic E-state index is 11.1. The number of rotatable bonds is 2. The third-order valence-electron chi connectivity index (χ3n) is 6.57. The van der Waals surface area contributed by atoms with Gasteiger partial charge in [0.15, 0.2) is 0 Å². The molecule has 0 amide bonds. The van der Waals surface area contributed by atoms with Gasteiger partial charge in [-0.2, -0.15) is 0 Å². The molecule has 4 nitrogen and oxygen atoms in total. The van der Waals surface area contributed by atoms with Crippen LogP contribution in [0.15, 0.2) is 97.7 Å². The van der Waals surface area contributed by atoms with Crippen molar-refractivity contribution in [1.82, 2.24) is 15.0 Å². The molecule has 4 heteroatoms. The Morgan fingerprint density at radius 1 is 0.576 bits per heavy atom. The van der Waals surface area contributed by atoms with Crippen molar-refractivity contribution in [3.63, 3.8) is 0 Å². The summed E-state index contributed by atoms with van der Waals surface area (Å²) in [6.07, 6.45) is 6.97. The molecule has 0 atom stereocenters. The first kappa shape index (κ1) is 18.0. The van der Waals surface area contributed by atoms with Gasteiger partial charge in [0.05, 0.1) is 0 Å². The fourth-order valence-corrected chi connectivity index (χ4v) is 5.07. The van der Waals surface area contributed by atoms with Crippen molar-refractivity contribution in [2.75, 3.05) is 0 Å². The van der Waals surface area contributed by atoms with E-state index >= 15 is 0 Å². The Hall–Kier alpha value is -4.57. The lowest BCUT2D eigenvalue weighted by atomic mass is 9.87. The van der Waals surface area contributed by atoms with E-state index < -0.39 is 0 Å². The molecule has 0 spiro atoms. The summed E-state index contributed by atoms with van der Waals surface area (Å²) in [5.74, 6) is 0.213. The fraction of sp³-hybridized carbons (Fsp3) is 0. The Labute approximate surface area is 189 Å². The molecule has 0 aliphatic heterocycles. The van der Waals surface area contributed by atoms with Crippen molar-refractivity contribution in [1.29, 1.82) is 0 Å². The highest BCUT2D eigenvalue weighted by atomic mass is 16.3. The summed E-state index contributed by atoms with van der Waals surface area (Å²) in [5, 5.41) is 19.1. The van der Waals surface area contributed by atoms with Crippen LogP contribution in [0.25, 0.3) is 65.5 Å². The molecule has 7 rings (SSSR count). The summed E-state index contributed by atoms with van der Waals surface area (Å²) in [6.45, 7) is 0. The highest BCUT2D eigenvalue weighted by Crippen LogP contribution is 2.44. The number of benzene rings is 5. The number of hydrogen-bond acceptors (Lipinski definition) is 4. The number of aromatic hydroxyl groups is 1. The molecular weight excluding hydrogens is 406 g/mol. The zero-order chi connectivity index (χ0) is 21.9. The van der Waals surface area contributed by atoms with Gasteiger partial charge < -0.3 is 5.11 Å². The van der Waals surface area contributed by atoms with Crippen LogP contribution in [-0.2, 0) is 0 Å². The predicted molar refractivity (Wildman–Crippen MR) is 134 cm³/mol. The Morgan fingerprint density at radius 2 is 1.18 bits per heavy atom. The molecule has 33 heavy (non-hydrogen) atoms. The number of phenolic OH excluding ortho intramolecular Hbond substituents is 1. The molecule has 7 aromatic rings. The smallest absolute Gasteiger partial charge is 0.149 e. The van der Waals surface area contributed by atoms with Crippen molar-refractivity contribution in [2.45, 2.75) is 0 Å². The second kappa shape index (κ2) is 6.71. The van der Waals surface area contributed by atoms with Gasteiger partial charge in [0, 0.05) is 35.1 Å². The van der Waals surface area contributed by atoms with Crippen molar-refractivity contribution in [2.24, 2.45) is 0 Å². The lowest BCUT2D eigenvalue weighted by Gasteiger charge is -2.17. The summed E-state index contributed by atoms with van der Waals surface area (Å²) in [7, 11) is 0. The van der Waals surface area contributed by atoms with E-state index in [0.29, 0.717) is 5.52 Å². The van der Waals surface area contributed by atoms with Gasteiger partial charge in [-0.25, -0.2) is 9.97 Å². The average molecular weight is 423 g/mol. The molecule has 0 fully saturated rings. The van der Waals surface area contributed by atoms with Crippen LogP contribution < -0.4 is 0 Å². The van der Waals surface area contributed by atoms with Crippen LogP contribution >= 0.6 is 0 Å². The number of aromatic nitrogens is 3. The molecule has 0 aliphatic carbocycles. The lowest BCUT2D eigenvalue weighted by Crippen LogP contribution is -1.91. The molecule has 2 heterocycles. The second-order valence-corrected chi connectivity index (χ2v) is 8.31. The summed E-state index contributed by atoms with van der Waals surface area (Å²) in [4.78, 5) is 12.8. The Bertz CT molecular complexity index is 1830. The Balaban J connectivity index is 1.59. The third-order valence-corrected chi connectivity index (χ3v) is 6.57. The first-order valence-corrected chi connectivity index (χ1v) is 10.8. The van der Waals surface area contributed by atoms with Crippen LogP contribution in [-0.4, -0.2) is 20.1 Å². The molecule has 2 aromatic heterocycles. The van der Waals surface area contributed by atoms with Crippen molar-refractivity contribution < 1.29 is 5.11 Å². The summed E-state index contributed by atoms with van der Waals surface area (Å²) in [6, 6.07) is 25.1. The third kappa shape index (κ3) is 2.55. The zero-order valence-electron chi connectivity index (χ0n) is 17.5. The standard InChI is InChI=1S/C29H17N3O/c33-29-25(12-7-19-2-1-13-32-28(19)29)22-9-4-18-5-10-23-21(20-14-30-16-31-15-20)8-3-17-6-11-24(22)27(18)26(17)23/h1-16,33H. The van der Waals surface area contributed by atoms with Gasteiger partial charge in [-0.3, -0.25) is 4.98 Å². The van der Waals surface area contributed by atoms with Crippen molar-refractivity contribution in [3.8, 4) is 28.0 Å². The van der Waals surface area contributed by atoms with E-state index in [0.717, 1.165) is 33.0 Å². The number of hydrogen-bond donors (Lipinski definition) is 1. The SMILES string of the molecule is Oc1c(-c2ccc3ccc4c(-c5cncnc5)ccc5ccc2c3c54)ccc2cccnc12. The molecule has 0 saturated carbocycles. The molecule has 0 bridgehead atoms. The van der Waals surface area contributed by atoms with E-state index in [9.17, 15) is 5.11 Å². The zero-order valence-corrected chi connectivity index (χ0v) is 17.5. The van der Waals surface area contributed by atoms with Crippen LogP contribution in [0.5, 0.6) is 5.75 Å². The highest BCUT2D eigenvalue weighted by molar-refractivity contribution is 6.27. The van der Waals surface area contributed by atoms with Crippen LogP contribution in [0.3, 0.4) is 0 Å². The molecule has 1 N–H and O–H groups in total. The molecule has 0 radical (unpaired) electrons. The van der Waals surface area contributed by atoms with Gasteiger partial charge in [-0.05, 0) is 55.6 Å². The minimum atomic E-state index is 0.213. The lowest BCUT2D eigenvalue weighted by molar-refractivity contribution is 0.482. The quantitative estimate of drug-likeness (QED) is 0.305. The monoisotopic (exact) mass is 423 g/mol. The van der Waals surface area contributed by atoms with Gasteiger partial charge in [0.2, 0.25) is 0 Å². The molecular formula is C29H17N3O. The van der Waals surface area contributed by atoms with Crippen LogP contribution in [0.1, 0.15) is 0 Å². The molecule has 0 unspecified atom stereocenters. The Morgan fingerprint density at radius 3 is 1.94 bits per heavy atom. The van der Waals surface area contributed by atoms with Crippen molar-refractivity contribution >= 4 is 43.2 Å². The van der Waals surface area contributed by atoms with Gasteiger partial charge in [0.1, 0.15) is 17.6 Å². The number of phenols is 1. The minimum Gasteiger partial charge on any atom is -0.505 e. The van der Waals surface area contributed by atoms with Gasteiger partial charge in [-0.15, -0.1) is 0 Å². The van der Waals surface area contributed by atoms with Gasteiger partial charge in [-0.1, -0.05) is 60.7 Å². The van der Waals surface area contributed by atoms with E-state index in [4.69, 9.17) is 0 Å². The second-order valence-electron chi connectivity index (χ2n) is 8.31. The van der Waals surface area contributed by atoms with E-state index in [1.54, 1.807) is 12.5 Å². The molecule has 0 saturated heterocycles. The van der Waals surface area contributed by atoms with E-state index in [2.05, 4.69) is 63.5 Å². The highest BCUT2D eigenvalue weighted by Gasteiger charge is 2.17. The number of pyridine rings is 1. The Kier molecular flexibility index (Phi) is 3.67.